The highest BCUT2D eigenvalue weighted by Crippen LogP contribution is 2.67. The standard InChI is InChI=1S/C9H9Cl7/c1-2-3-4-7(12)5(10)6(11)8(13,14)9(7,15)16/h2-4H2,1H3. The van der Waals surface area contributed by atoms with Crippen LogP contribution in [0.5, 0.6) is 0 Å². The Balaban J connectivity index is 3.20. The molecule has 1 rings (SSSR count). The zero-order valence-corrected chi connectivity index (χ0v) is 13.6. The quantitative estimate of drug-likeness (QED) is 0.522. The molecular formula is C9H9Cl7. The first kappa shape index (κ1) is 15.8. The topological polar surface area (TPSA) is 0 Å². The summed E-state index contributed by atoms with van der Waals surface area (Å²) < 4.78 is -3.35. The van der Waals surface area contributed by atoms with Crippen molar-refractivity contribution in [1.29, 1.82) is 0 Å². The molecule has 0 N–H and O–H groups in total. The molecule has 0 aromatic heterocycles. The Labute approximate surface area is 130 Å². The molecule has 1 unspecified atom stereocenters. The number of hydrogen-bond donors (Lipinski definition) is 0. The molecule has 0 bridgehead atoms. The van der Waals surface area contributed by atoms with Crippen molar-refractivity contribution in [3.05, 3.63) is 10.1 Å². The van der Waals surface area contributed by atoms with Crippen molar-refractivity contribution in [1.82, 2.24) is 0 Å². The summed E-state index contributed by atoms with van der Waals surface area (Å²) in [5.41, 5.74) is 0. The van der Waals surface area contributed by atoms with Gasteiger partial charge in [-0.05, 0) is 6.42 Å². The van der Waals surface area contributed by atoms with E-state index in [1.165, 1.54) is 0 Å². The molecule has 0 radical (unpaired) electrons. The minimum absolute atomic E-state index is 0.00592. The SMILES string of the molecule is CCCCC1(Cl)C(Cl)=C(Cl)C(Cl)(Cl)C1(Cl)Cl. The smallest absolute Gasteiger partial charge is 0.110 e. The maximum Gasteiger partial charge on any atom is 0.189 e. The molecule has 1 aliphatic rings. The maximum atomic E-state index is 6.36. The van der Waals surface area contributed by atoms with Crippen molar-refractivity contribution in [2.24, 2.45) is 0 Å². The van der Waals surface area contributed by atoms with Gasteiger partial charge in [-0.15, -0.1) is 11.6 Å². The Morgan fingerprint density at radius 1 is 0.938 bits per heavy atom. The zero-order valence-electron chi connectivity index (χ0n) is 8.27. The summed E-state index contributed by atoms with van der Waals surface area (Å²) in [4.78, 5) is -1.24. The molecule has 0 aromatic carbocycles. The van der Waals surface area contributed by atoms with E-state index in [9.17, 15) is 0 Å². The lowest BCUT2D eigenvalue weighted by molar-refractivity contribution is 0.537. The minimum Gasteiger partial charge on any atom is -0.110 e. The van der Waals surface area contributed by atoms with Gasteiger partial charge >= 0.3 is 0 Å². The molecule has 0 aliphatic heterocycles. The van der Waals surface area contributed by atoms with Gasteiger partial charge in [-0.2, -0.15) is 0 Å². The second kappa shape index (κ2) is 5.04. The summed E-state index contributed by atoms with van der Waals surface area (Å²) in [7, 11) is 0. The fourth-order valence-electron chi connectivity index (χ4n) is 1.52. The molecule has 0 fully saturated rings. The van der Waals surface area contributed by atoms with Crippen LogP contribution in [0.15, 0.2) is 10.1 Å². The van der Waals surface area contributed by atoms with Gasteiger partial charge in [0, 0.05) is 0 Å². The summed E-state index contributed by atoms with van der Waals surface area (Å²) in [6, 6.07) is 0. The van der Waals surface area contributed by atoms with Crippen molar-refractivity contribution in [2.75, 3.05) is 0 Å². The third-order valence-corrected chi connectivity index (χ3v) is 7.35. The van der Waals surface area contributed by atoms with Crippen LogP contribution in [0.4, 0.5) is 0 Å². The lowest BCUT2D eigenvalue weighted by Gasteiger charge is -2.37. The molecule has 0 spiro atoms. The van der Waals surface area contributed by atoms with Crippen LogP contribution in [-0.4, -0.2) is 13.5 Å². The number of unbranched alkanes of at least 4 members (excludes halogenated alkanes) is 1. The summed E-state index contributed by atoms with van der Waals surface area (Å²) >= 11 is 42.7. The third kappa shape index (κ3) is 2.07. The van der Waals surface area contributed by atoms with E-state index in [4.69, 9.17) is 81.2 Å². The van der Waals surface area contributed by atoms with E-state index in [1.807, 2.05) is 6.92 Å². The number of rotatable bonds is 3. The molecular weight excluding hydrogens is 356 g/mol. The van der Waals surface area contributed by atoms with Gasteiger partial charge in [0.25, 0.3) is 0 Å². The Bertz CT molecular complexity index is 320. The van der Waals surface area contributed by atoms with Gasteiger partial charge in [0.15, 0.2) is 8.67 Å². The van der Waals surface area contributed by atoms with Crippen molar-refractivity contribution in [3.8, 4) is 0 Å². The molecule has 0 amide bonds. The monoisotopic (exact) mass is 362 g/mol. The first-order chi connectivity index (χ1) is 7.13. The Morgan fingerprint density at radius 2 is 1.44 bits per heavy atom. The van der Waals surface area contributed by atoms with Crippen LogP contribution in [-0.2, 0) is 0 Å². The minimum atomic E-state index is -1.69. The van der Waals surface area contributed by atoms with Crippen LogP contribution in [0.25, 0.3) is 0 Å². The fraction of sp³-hybridized carbons (Fsp3) is 0.778. The number of allylic oxidation sites excluding steroid dienone is 2. The van der Waals surface area contributed by atoms with Crippen LogP contribution in [0.3, 0.4) is 0 Å². The first-order valence-electron chi connectivity index (χ1n) is 4.63. The van der Waals surface area contributed by atoms with E-state index in [-0.39, 0.29) is 10.1 Å². The second-order valence-corrected chi connectivity index (χ2v) is 7.74. The van der Waals surface area contributed by atoms with Gasteiger partial charge in [0.05, 0.1) is 10.1 Å². The largest absolute Gasteiger partial charge is 0.189 e. The van der Waals surface area contributed by atoms with E-state index >= 15 is 0 Å². The predicted octanol–water partition coefficient (Wildman–Crippen LogP) is 6.20. The molecule has 1 atom stereocenters. The molecule has 7 heteroatoms. The summed E-state index contributed by atoms with van der Waals surface area (Å²) in [6.45, 7) is 2.01. The molecule has 0 nitrogen and oxygen atoms in total. The van der Waals surface area contributed by atoms with Crippen LogP contribution >= 0.6 is 81.2 Å². The summed E-state index contributed by atoms with van der Waals surface area (Å²) in [5, 5.41) is 0.118. The van der Waals surface area contributed by atoms with Gasteiger partial charge in [-0.25, -0.2) is 0 Å². The molecule has 94 valence electrons. The molecule has 16 heavy (non-hydrogen) atoms. The summed E-state index contributed by atoms with van der Waals surface area (Å²) in [5.74, 6) is 0. The van der Waals surface area contributed by atoms with Crippen LogP contribution in [0, 0.1) is 0 Å². The summed E-state index contributed by atoms with van der Waals surface area (Å²) in [6.07, 6.45) is 2.15. The van der Waals surface area contributed by atoms with E-state index < -0.39 is 13.5 Å². The van der Waals surface area contributed by atoms with Crippen molar-refractivity contribution in [3.63, 3.8) is 0 Å². The van der Waals surface area contributed by atoms with Crippen molar-refractivity contribution >= 4 is 81.2 Å². The molecule has 1 aliphatic carbocycles. The Morgan fingerprint density at radius 3 is 1.75 bits per heavy atom. The van der Waals surface area contributed by atoms with Gasteiger partial charge in [0.2, 0.25) is 0 Å². The van der Waals surface area contributed by atoms with Crippen LogP contribution in [0.1, 0.15) is 26.2 Å². The van der Waals surface area contributed by atoms with E-state index in [0.717, 1.165) is 12.8 Å². The number of alkyl halides is 5. The van der Waals surface area contributed by atoms with Gasteiger partial charge in [-0.1, -0.05) is 89.4 Å². The highest BCUT2D eigenvalue weighted by molar-refractivity contribution is 6.72. The fourth-order valence-corrected chi connectivity index (χ4v) is 4.09. The first-order valence-corrected chi connectivity index (χ1v) is 7.28. The average Bonchev–Trinajstić information content (AvgIpc) is 2.29. The lowest BCUT2D eigenvalue weighted by Crippen LogP contribution is -2.47. The van der Waals surface area contributed by atoms with Gasteiger partial charge < -0.3 is 0 Å². The van der Waals surface area contributed by atoms with Crippen LogP contribution in [0.2, 0.25) is 0 Å². The normalized spacial score (nSPS) is 32.2. The van der Waals surface area contributed by atoms with E-state index in [0.29, 0.717) is 6.42 Å². The molecule has 0 aromatic rings. The lowest BCUT2D eigenvalue weighted by atomic mass is 9.99. The van der Waals surface area contributed by atoms with Crippen molar-refractivity contribution in [2.45, 2.75) is 39.7 Å². The predicted molar refractivity (Wildman–Crippen MR) is 75.7 cm³/mol. The Kier molecular flexibility index (Phi) is 4.98. The zero-order chi connectivity index (χ0) is 12.8. The maximum absolute atomic E-state index is 6.36. The molecule has 0 saturated heterocycles. The number of halogens is 7. The molecule has 0 saturated carbocycles. The highest BCUT2D eigenvalue weighted by Gasteiger charge is 2.69. The van der Waals surface area contributed by atoms with Crippen molar-refractivity contribution < 1.29 is 0 Å². The number of hydrogen-bond acceptors (Lipinski definition) is 0. The van der Waals surface area contributed by atoms with E-state index in [2.05, 4.69) is 0 Å². The highest BCUT2D eigenvalue weighted by atomic mass is 35.5. The third-order valence-electron chi connectivity index (χ3n) is 2.58. The molecule has 0 heterocycles. The second-order valence-electron chi connectivity index (χ2n) is 3.68. The van der Waals surface area contributed by atoms with Gasteiger partial charge in [-0.3, -0.25) is 0 Å². The van der Waals surface area contributed by atoms with E-state index in [1.54, 1.807) is 0 Å². The Hall–Kier alpha value is 1.77. The van der Waals surface area contributed by atoms with Crippen LogP contribution < -0.4 is 0 Å². The average molecular weight is 365 g/mol. The van der Waals surface area contributed by atoms with Gasteiger partial charge in [0.1, 0.15) is 4.87 Å².